The summed E-state index contributed by atoms with van der Waals surface area (Å²) < 4.78 is 0. The Balaban J connectivity index is 1.36. The first-order chi connectivity index (χ1) is 25.1. The van der Waals surface area contributed by atoms with Crippen molar-refractivity contribution in [3.63, 3.8) is 0 Å². The number of benzene rings is 8. The van der Waals surface area contributed by atoms with Crippen LogP contribution in [0.2, 0.25) is 0 Å². The van der Waals surface area contributed by atoms with Gasteiger partial charge in [-0.3, -0.25) is 0 Å². The summed E-state index contributed by atoms with van der Waals surface area (Å²) in [5, 5.41) is 7.22. The van der Waals surface area contributed by atoms with Crippen LogP contribution in [0.1, 0.15) is 25.0 Å². The van der Waals surface area contributed by atoms with E-state index in [-0.39, 0.29) is 5.41 Å². The van der Waals surface area contributed by atoms with Gasteiger partial charge in [-0.05, 0) is 66.4 Å². The smallest absolute Gasteiger partial charge is 0.160 e. The summed E-state index contributed by atoms with van der Waals surface area (Å²) in [4.78, 5) is 10.8. The van der Waals surface area contributed by atoms with Gasteiger partial charge in [0.05, 0.1) is 11.4 Å². The molecule has 51 heavy (non-hydrogen) atoms. The zero-order chi connectivity index (χ0) is 34.1. The molecule has 9 aromatic rings. The average molecular weight is 651 g/mol. The number of hydrogen-bond donors (Lipinski definition) is 0. The molecule has 0 saturated heterocycles. The van der Waals surface area contributed by atoms with E-state index >= 15 is 0 Å². The maximum atomic E-state index is 5.46. The molecule has 0 aliphatic heterocycles. The van der Waals surface area contributed by atoms with Crippen LogP contribution in [-0.2, 0) is 5.41 Å². The van der Waals surface area contributed by atoms with Crippen LogP contribution in [0.4, 0.5) is 0 Å². The zero-order valence-corrected chi connectivity index (χ0v) is 28.6. The second-order valence-corrected chi connectivity index (χ2v) is 14.1. The first kappa shape index (κ1) is 29.5. The molecule has 1 heterocycles. The molecule has 0 saturated carbocycles. The minimum atomic E-state index is -0.112. The van der Waals surface area contributed by atoms with Gasteiger partial charge in [-0.25, -0.2) is 9.97 Å². The molecule has 10 rings (SSSR count). The minimum absolute atomic E-state index is 0.112. The molecule has 1 aliphatic carbocycles. The van der Waals surface area contributed by atoms with E-state index in [1.54, 1.807) is 0 Å². The highest BCUT2D eigenvalue weighted by atomic mass is 14.9. The third-order valence-corrected chi connectivity index (χ3v) is 10.9. The topological polar surface area (TPSA) is 25.8 Å². The van der Waals surface area contributed by atoms with Crippen LogP contribution in [-0.4, -0.2) is 9.97 Å². The summed E-state index contributed by atoms with van der Waals surface area (Å²) in [5.41, 5.74) is 12.7. The monoisotopic (exact) mass is 650 g/mol. The van der Waals surface area contributed by atoms with Crippen molar-refractivity contribution in [1.82, 2.24) is 9.97 Å². The maximum absolute atomic E-state index is 5.46. The Hall–Kier alpha value is -6.38. The van der Waals surface area contributed by atoms with Crippen molar-refractivity contribution in [2.75, 3.05) is 0 Å². The molecule has 1 aliphatic rings. The van der Waals surface area contributed by atoms with E-state index in [0.717, 1.165) is 33.9 Å². The van der Waals surface area contributed by atoms with Crippen LogP contribution in [0, 0.1) is 0 Å². The zero-order valence-electron chi connectivity index (χ0n) is 28.6. The van der Waals surface area contributed by atoms with Crippen molar-refractivity contribution < 1.29 is 0 Å². The van der Waals surface area contributed by atoms with Crippen molar-refractivity contribution in [3.05, 3.63) is 181 Å². The molecule has 240 valence electrons. The second kappa shape index (κ2) is 11.3. The molecule has 0 bridgehead atoms. The van der Waals surface area contributed by atoms with E-state index in [2.05, 4.69) is 178 Å². The molecule has 0 fully saturated rings. The summed E-state index contributed by atoms with van der Waals surface area (Å²) in [6.07, 6.45) is 0. The largest absolute Gasteiger partial charge is 0.228 e. The molecule has 0 amide bonds. The number of rotatable bonds is 4. The van der Waals surface area contributed by atoms with Crippen LogP contribution in [0.3, 0.4) is 0 Å². The Morgan fingerprint density at radius 2 is 0.980 bits per heavy atom. The van der Waals surface area contributed by atoms with Gasteiger partial charge in [-0.1, -0.05) is 178 Å². The van der Waals surface area contributed by atoms with Crippen molar-refractivity contribution >= 4 is 32.3 Å². The lowest BCUT2D eigenvalue weighted by Crippen LogP contribution is -2.14. The fourth-order valence-corrected chi connectivity index (χ4v) is 8.53. The van der Waals surface area contributed by atoms with Crippen LogP contribution in [0.15, 0.2) is 170 Å². The molecule has 1 aromatic heterocycles. The van der Waals surface area contributed by atoms with E-state index in [0.29, 0.717) is 0 Å². The van der Waals surface area contributed by atoms with E-state index in [1.165, 1.54) is 65.7 Å². The quantitative estimate of drug-likeness (QED) is 0.140. The van der Waals surface area contributed by atoms with Gasteiger partial charge >= 0.3 is 0 Å². The van der Waals surface area contributed by atoms with Gasteiger partial charge in [0, 0.05) is 27.5 Å². The van der Waals surface area contributed by atoms with Crippen molar-refractivity contribution in [1.29, 1.82) is 0 Å². The third kappa shape index (κ3) is 4.50. The van der Waals surface area contributed by atoms with Gasteiger partial charge in [0.25, 0.3) is 0 Å². The van der Waals surface area contributed by atoms with E-state index in [4.69, 9.17) is 9.97 Å². The summed E-state index contributed by atoms with van der Waals surface area (Å²) in [6.45, 7) is 4.67. The first-order valence-electron chi connectivity index (χ1n) is 17.7. The molecule has 0 spiro atoms. The van der Waals surface area contributed by atoms with E-state index in [1.807, 2.05) is 6.07 Å². The molecular weight excluding hydrogens is 617 g/mol. The molecule has 8 aromatic carbocycles. The number of hydrogen-bond acceptors (Lipinski definition) is 2. The van der Waals surface area contributed by atoms with Crippen molar-refractivity contribution in [2.24, 2.45) is 0 Å². The summed E-state index contributed by atoms with van der Waals surface area (Å²) in [6, 6.07) is 61.1. The van der Waals surface area contributed by atoms with Crippen LogP contribution in [0.25, 0.3) is 88.5 Å². The van der Waals surface area contributed by atoms with Gasteiger partial charge in [0.2, 0.25) is 0 Å². The normalized spacial score (nSPS) is 13.1. The van der Waals surface area contributed by atoms with Gasteiger partial charge in [-0.2, -0.15) is 0 Å². The number of fused-ring (bicyclic) bond motifs is 7. The molecule has 2 nitrogen and oxygen atoms in total. The Labute approximate surface area is 297 Å². The van der Waals surface area contributed by atoms with Crippen LogP contribution < -0.4 is 0 Å². The Morgan fingerprint density at radius 1 is 0.392 bits per heavy atom. The average Bonchev–Trinajstić information content (AvgIpc) is 3.43. The predicted octanol–water partition coefficient (Wildman–Crippen LogP) is 12.9. The highest BCUT2D eigenvalue weighted by Gasteiger charge is 2.37. The second-order valence-electron chi connectivity index (χ2n) is 14.1. The third-order valence-electron chi connectivity index (χ3n) is 10.9. The van der Waals surface area contributed by atoms with Gasteiger partial charge in [-0.15, -0.1) is 0 Å². The number of nitrogens with zero attached hydrogens (tertiary/aromatic N) is 2. The van der Waals surface area contributed by atoms with Crippen LogP contribution in [0.5, 0.6) is 0 Å². The molecule has 0 atom stereocenters. The Kier molecular flexibility index (Phi) is 6.56. The maximum Gasteiger partial charge on any atom is 0.160 e. The summed E-state index contributed by atoms with van der Waals surface area (Å²) in [7, 11) is 0. The summed E-state index contributed by atoms with van der Waals surface area (Å²) in [5.74, 6) is 0.718. The lowest BCUT2D eigenvalue weighted by Gasteiger charge is -2.22. The highest BCUT2D eigenvalue weighted by Crippen LogP contribution is 2.52. The lowest BCUT2D eigenvalue weighted by molar-refractivity contribution is 0.660. The van der Waals surface area contributed by atoms with Gasteiger partial charge in [0.1, 0.15) is 0 Å². The fraction of sp³-hybridized carbons (Fsp3) is 0.0612. The van der Waals surface area contributed by atoms with Crippen LogP contribution >= 0.6 is 0 Å². The standard InChI is InChI=1S/C49H34N2/c1-49(2)40-26-14-13-24-37(40)45-38(25-15-27-41(45)49)42-30-43(51-48(50-42)33-19-7-4-8-20-33)47-36-23-12-11-22-35(36)44(32-17-5-3-6-18-32)39-29-28-31-16-9-10-21-34(31)46(39)47/h3-30H,1-2H3. The lowest BCUT2D eigenvalue weighted by atomic mass is 9.82. The van der Waals surface area contributed by atoms with E-state index < -0.39 is 0 Å². The van der Waals surface area contributed by atoms with E-state index in [9.17, 15) is 0 Å². The highest BCUT2D eigenvalue weighted by molar-refractivity contribution is 6.27. The molecule has 0 radical (unpaired) electrons. The molecular formula is C49H34N2. The molecule has 0 unspecified atom stereocenters. The first-order valence-corrected chi connectivity index (χ1v) is 17.7. The predicted molar refractivity (Wildman–Crippen MR) is 214 cm³/mol. The Morgan fingerprint density at radius 3 is 1.76 bits per heavy atom. The fourth-order valence-electron chi connectivity index (χ4n) is 8.53. The van der Waals surface area contributed by atoms with Gasteiger partial charge in [0.15, 0.2) is 5.82 Å². The molecule has 0 N–H and O–H groups in total. The van der Waals surface area contributed by atoms with Crippen molar-refractivity contribution in [3.8, 4) is 56.2 Å². The molecule has 2 heteroatoms. The summed E-state index contributed by atoms with van der Waals surface area (Å²) >= 11 is 0. The Bertz CT molecular complexity index is 2810. The number of aromatic nitrogens is 2. The van der Waals surface area contributed by atoms with Gasteiger partial charge < -0.3 is 0 Å². The minimum Gasteiger partial charge on any atom is -0.228 e. The SMILES string of the molecule is CC1(C)c2ccccc2-c2c(-c3cc(-c4c5ccccc5c(-c5ccccc5)c5ccc6ccccc6c45)nc(-c4ccccc4)n3)cccc21. The van der Waals surface area contributed by atoms with Crippen molar-refractivity contribution in [2.45, 2.75) is 19.3 Å².